The maximum absolute atomic E-state index is 12.9. The molecule has 0 bridgehead atoms. The molecule has 7 nitrogen and oxygen atoms in total. The first kappa shape index (κ1) is 15.7. The van der Waals surface area contributed by atoms with Crippen LogP contribution in [0.2, 0.25) is 0 Å². The molecule has 8 heteroatoms. The minimum absolute atomic E-state index is 0.0177. The van der Waals surface area contributed by atoms with Gasteiger partial charge in [0.25, 0.3) is 10.0 Å². The second kappa shape index (κ2) is 6.00. The van der Waals surface area contributed by atoms with Gasteiger partial charge in [-0.1, -0.05) is 6.07 Å². The molecule has 116 valence electrons. The van der Waals surface area contributed by atoms with Gasteiger partial charge in [-0.2, -0.15) is 4.31 Å². The molecular weight excluding hydrogens is 292 g/mol. The molecule has 2 heterocycles. The first-order chi connectivity index (χ1) is 9.89. The van der Waals surface area contributed by atoms with Crippen molar-refractivity contribution < 1.29 is 13.5 Å². The number of aliphatic hydroxyl groups is 1. The Bertz CT molecular complexity index is 724. The molecular formula is C13H20N4O3S. The van der Waals surface area contributed by atoms with Gasteiger partial charge >= 0.3 is 0 Å². The molecule has 3 N–H and O–H groups in total. The molecule has 21 heavy (non-hydrogen) atoms. The van der Waals surface area contributed by atoms with Gasteiger partial charge in [-0.3, -0.25) is 4.40 Å². The highest BCUT2D eigenvalue weighted by molar-refractivity contribution is 7.89. The van der Waals surface area contributed by atoms with E-state index < -0.39 is 10.0 Å². The van der Waals surface area contributed by atoms with Crippen molar-refractivity contribution in [1.29, 1.82) is 0 Å². The number of hydrogen-bond acceptors (Lipinski definition) is 5. The number of nitrogens with zero attached hydrogens (tertiary/aromatic N) is 3. The Morgan fingerprint density at radius 1 is 1.43 bits per heavy atom. The Balaban J connectivity index is 2.57. The summed E-state index contributed by atoms with van der Waals surface area (Å²) in [6.45, 7) is 3.74. The molecule has 0 amide bonds. The first-order valence-corrected chi connectivity index (χ1v) is 8.19. The van der Waals surface area contributed by atoms with E-state index in [1.54, 1.807) is 38.2 Å². The van der Waals surface area contributed by atoms with Crippen molar-refractivity contribution in [3.63, 3.8) is 0 Å². The number of aromatic nitrogens is 2. The molecule has 0 saturated heterocycles. The molecule has 2 aromatic heterocycles. The van der Waals surface area contributed by atoms with Crippen LogP contribution in [0.1, 0.15) is 20.3 Å². The third-order valence-corrected chi connectivity index (χ3v) is 5.29. The largest absolute Gasteiger partial charge is 0.396 e. The van der Waals surface area contributed by atoms with Crippen LogP contribution in [0.15, 0.2) is 29.4 Å². The highest BCUT2D eigenvalue weighted by atomic mass is 32.2. The van der Waals surface area contributed by atoms with E-state index in [-0.39, 0.29) is 30.0 Å². The summed E-state index contributed by atoms with van der Waals surface area (Å²) in [5.41, 5.74) is 6.30. The number of sulfonamides is 1. The number of imidazole rings is 1. The van der Waals surface area contributed by atoms with Crippen molar-refractivity contribution in [1.82, 2.24) is 13.7 Å². The molecule has 0 saturated carbocycles. The fraction of sp³-hybridized carbons (Fsp3) is 0.462. The molecule has 0 atom stereocenters. The molecule has 0 radical (unpaired) electrons. The highest BCUT2D eigenvalue weighted by Crippen LogP contribution is 2.25. The quantitative estimate of drug-likeness (QED) is 0.817. The van der Waals surface area contributed by atoms with Gasteiger partial charge in [0.15, 0.2) is 10.8 Å². The summed E-state index contributed by atoms with van der Waals surface area (Å²) in [5.74, 6) is -0.0177. The van der Waals surface area contributed by atoms with Crippen molar-refractivity contribution >= 4 is 21.5 Å². The van der Waals surface area contributed by atoms with Crippen LogP contribution >= 0.6 is 0 Å². The van der Waals surface area contributed by atoms with Crippen LogP contribution in [0, 0.1) is 0 Å². The Morgan fingerprint density at radius 3 is 2.76 bits per heavy atom. The maximum Gasteiger partial charge on any atom is 0.263 e. The summed E-state index contributed by atoms with van der Waals surface area (Å²) in [7, 11) is -3.79. The van der Waals surface area contributed by atoms with Crippen molar-refractivity contribution in [2.45, 2.75) is 31.3 Å². The summed E-state index contributed by atoms with van der Waals surface area (Å²) in [6, 6.07) is 4.95. The van der Waals surface area contributed by atoms with Gasteiger partial charge in [-0.05, 0) is 32.4 Å². The standard InChI is InChI=1S/C13H20N4O3S/c1-10(2)17(8-5-9-18)21(19,20)13-12(14)15-11-6-3-4-7-16(11)13/h3-4,6-7,10,18H,5,8-9,14H2,1-2H3. The lowest BCUT2D eigenvalue weighted by Gasteiger charge is -2.25. The average molecular weight is 312 g/mol. The van der Waals surface area contributed by atoms with Gasteiger partial charge < -0.3 is 10.8 Å². The second-order valence-corrected chi connectivity index (χ2v) is 6.82. The highest BCUT2D eigenvalue weighted by Gasteiger charge is 2.32. The number of rotatable bonds is 6. The Kier molecular flexibility index (Phi) is 4.50. The summed E-state index contributed by atoms with van der Waals surface area (Å²) in [6.07, 6.45) is 1.99. The van der Waals surface area contributed by atoms with Gasteiger partial charge in [0.05, 0.1) is 0 Å². The lowest BCUT2D eigenvalue weighted by molar-refractivity contribution is 0.258. The predicted molar refractivity (Wildman–Crippen MR) is 80.3 cm³/mol. The zero-order valence-electron chi connectivity index (χ0n) is 12.1. The van der Waals surface area contributed by atoms with E-state index in [0.29, 0.717) is 12.1 Å². The lowest BCUT2D eigenvalue weighted by atomic mass is 10.3. The SMILES string of the molecule is CC(C)N(CCCO)S(=O)(=O)c1c(N)nc2ccccn12. The molecule has 0 aliphatic heterocycles. The third-order valence-electron chi connectivity index (χ3n) is 3.18. The van der Waals surface area contributed by atoms with Crippen LogP contribution in [-0.2, 0) is 10.0 Å². The smallest absolute Gasteiger partial charge is 0.263 e. The van der Waals surface area contributed by atoms with Gasteiger partial charge in [0.1, 0.15) is 5.65 Å². The Labute approximate surface area is 124 Å². The van der Waals surface area contributed by atoms with E-state index in [9.17, 15) is 8.42 Å². The summed E-state index contributed by atoms with van der Waals surface area (Å²) < 4.78 is 28.6. The molecule has 0 aliphatic rings. The van der Waals surface area contributed by atoms with E-state index in [1.165, 1.54) is 8.71 Å². The topological polar surface area (TPSA) is 101 Å². The Morgan fingerprint density at radius 2 is 2.14 bits per heavy atom. The van der Waals surface area contributed by atoms with E-state index in [4.69, 9.17) is 10.8 Å². The number of fused-ring (bicyclic) bond motifs is 1. The van der Waals surface area contributed by atoms with E-state index >= 15 is 0 Å². The molecule has 0 unspecified atom stereocenters. The van der Waals surface area contributed by atoms with Crippen molar-refractivity contribution in [3.8, 4) is 0 Å². The minimum Gasteiger partial charge on any atom is -0.396 e. The molecule has 2 aromatic rings. The molecule has 0 spiro atoms. The first-order valence-electron chi connectivity index (χ1n) is 6.75. The molecule has 0 aliphatic carbocycles. The van der Waals surface area contributed by atoms with Gasteiger partial charge in [0.2, 0.25) is 0 Å². The summed E-state index contributed by atoms with van der Waals surface area (Å²) in [5, 5.41) is 8.93. The number of pyridine rings is 1. The van der Waals surface area contributed by atoms with Crippen LogP contribution in [0.5, 0.6) is 0 Å². The molecule has 0 aromatic carbocycles. The fourth-order valence-electron chi connectivity index (χ4n) is 2.24. The molecule has 2 rings (SSSR count). The monoisotopic (exact) mass is 312 g/mol. The second-order valence-electron chi connectivity index (χ2n) is 5.02. The normalized spacial score (nSPS) is 12.6. The van der Waals surface area contributed by atoms with Crippen molar-refractivity contribution in [2.24, 2.45) is 0 Å². The van der Waals surface area contributed by atoms with Crippen molar-refractivity contribution in [2.75, 3.05) is 18.9 Å². The lowest BCUT2D eigenvalue weighted by Crippen LogP contribution is -2.38. The third kappa shape index (κ3) is 2.87. The fourth-order valence-corrected chi connectivity index (χ4v) is 4.10. The summed E-state index contributed by atoms with van der Waals surface area (Å²) >= 11 is 0. The van der Waals surface area contributed by atoms with Crippen LogP contribution in [0.4, 0.5) is 5.82 Å². The number of anilines is 1. The zero-order chi connectivity index (χ0) is 15.6. The van der Waals surface area contributed by atoms with Crippen molar-refractivity contribution in [3.05, 3.63) is 24.4 Å². The maximum atomic E-state index is 12.9. The number of nitrogen functional groups attached to an aromatic ring is 1. The van der Waals surface area contributed by atoms with E-state index in [0.717, 1.165) is 0 Å². The summed E-state index contributed by atoms with van der Waals surface area (Å²) in [4.78, 5) is 4.09. The average Bonchev–Trinajstić information content (AvgIpc) is 2.74. The van der Waals surface area contributed by atoms with Gasteiger partial charge in [-0.25, -0.2) is 13.4 Å². The van der Waals surface area contributed by atoms with Crippen LogP contribution in [0.3, 0.4) is 0 Å². The number of aliphatic hydroxyl groups excluding tert-OH is 1. The zero-order valence-corrected chi connectivity index (χ0v) is 12.9. The number of nitrogens with two attached hydrogens (primary N) is 1. The van der Waals surface area contributed by atoms with Crippen LogP contribution in [-0.4, -0.2) is 46.4 Å². The van der Waals surface area contributed by atoms with E-state index in [2.05, 4.69) is 4.98 Å². The minimum atomic E-state index is -3.79. The predicted octanol–water partition coefficient (Wildman–Crippen LogP) is 0.698. The molecule has 0 fully saturated rings. The van der Waals surface area contributed by atoms with Crippen LogP contribution < -0.4 is 5.73 Å². The van der Waals surface area contributed by atoms with Crippen LogP contribution in [0.25, 0.3) is 5.65 Å². The Hall–Kier alpha value is -1.64. The van der Waals surface area contributed by atoms with E-state index in [1.807, 2.05) is 0 Å². The van der Waals surface area contributed by atoms with Gasteiger partial charge in [0, 0.05) is 25.4 Å². The van der Waals surface area contributed by atoms with Gasteiger partial charge in [-0.15, -0.1) is 0 Å². The number of hydrogen-bond donors (Lipinski definition) is 2.